The summed E-state index contributed by atoms with van der Waals surface area (Å²) < 4.78 is 0. The van der Waals surface area contributed by atoms with E-state index >= 15 is 0 Å². The third kappa shape index (κ3) is 4.04. The third-order valence-electron chi connectivity index (χ3n) is 2.28. The van der Waals surface area contributed by atoms with E-state index in [2.05, 4.69) is 0 Å². The molecule has 0 radical (unpaired) electrons. The topological polar surface area (TPSA) is 60.2 Å². The summed E-state index contributed by atoms with van der Waals surface area (Å²) in [5.74, 6) is -0.174. The fourth-order valence-corrected chi connectivity index (χ4v) is 1.52. The zero-order chi connectivity index (χ0) is 11.8. The second kappa shape index (κ2) is 6.50. The molecule has 0 saturated heterocycles. The lowest BCUT2D eigenvalue weighted by molar-refractivity contribution is -0.483. The van der Waals surface area contributed by atoms with Gasteiger partial charge in [0.1, 0.15) is 6.29 Å². The molecule has 0 aliphatic rings. The van der Waals surface area contributed by atoms with Crippen molar-refractivity contribution >= 4 is 6.29 Å². The van der Waals surface area contributed by atoms with Gasteiger partial charge in [-0.2, -0.15) is 0 Å². The molecule has 4 nitrogen and oxygen atoms in total. The van der Waals surface area contributed by atoms with Gasteiger partial charge in [-0.1, -0.05) is 36.4 Å². The molecule has 0 amide bonds. The van der Waals surface area contributed by atoms with Crippen molar-refractivity contribution in [1.82, 2.24) is 0 Å². The van der Waals surface area contributed by atoms with Crippen molar-refractivity contribution in [2.24, 2.45) is 0 Å². The van der Waals surface area contributed by atoms with Crippen LogP contribution in [0.4, 0.5) is 0 Å². The fraction of sp³-hybridized carbons (Fsp3) is 0.250. The van der Waals surface area contributed by atoms with Gasteiger partial charge in [0.05, 0.1) is 5.92 Å². The minimum atomic E-state index is -0.327. The second-order valence-corrected chi connectivity index (χ2v) is 3.42. The first-order valence-corrected chi connectivity index (χ1v) is 5.01. The van der Waals surface area contributed by atoms with E-state index in [1.807, 2.05) is 30.3 Å². The van der Waals surface area contributed by atoms with Crippen LogP contribution in [0.5, 0.6) is 0 Å². The first kappa shape index (κ1) is 12.1. The van der Waals surface area contributed by atoms with Gasteiger partial charge in [0, 0.05) is 4.92 Å². The number of nitrogens with zero attached hydrogens (tertiary/aromatic N) is 1. The van der Waals surface area contributed by atoms with Gasteiger partial charge in [-0.25, -0.2) is 0 Å². The molecule has 1 aromatic rings. The van der Waals surface area contributed by atoms with E-state index in [0.29, 0.717) is 12.7 Å². The van der Waals surface area contributed by atoms with E-state index in [4.69, 9.17) is 0 Å². The quantitative estimate of drug-likeness (QED) is 0.319. The van der Waals surface area contributed by atoms with Gasteiger partial charge in [-0.05, 0) is 18.1 Å². The Morgan fingerprint density at radius 3 is 2.56 bits per heavy atom. The monoisotopic (exact) mass is 219 g/mol. The highest BCUT2D eigenvalue weighted by atomic mass is 16.6. The Kier molecular flexibility index (Phi) is 4.92. The normalized spacial score (nSPS) is 12.5. The van der Waals surface area contributed by atoms with Crippen molar-refractivity contribution in [1.29, 1.82) is 0 Å². The lowest BCUT2D eigenvalue weighted by Crippen LogP contribution is -2.11. The van der Waals surface area contributed by atoms with Gasteiger partial charge in [0.25, 0.3) is 0 Å². The van der Waals surface area contributed by atoms with Gasteiger partial charge in [0.2, 0.25) is 6.54 Å². The Labute approximate surface area is 93.7 Å². The highest BCUT2D eigenvalue weighted by Crippen LogP contribution is 2.19. The first-order chi connectivity index (χ1) is 7.74. The highest BCUT2D eigenvalue weighted by Gasteiger charge is 2.15. The average Bonchev–Trinajstić information content (AvgIpc) is 2.29. The molecule has 4 heteroatoms. The second-order valence-electron chi connectivity index (χ2n) is 3.42. The summed E-state index contributed by atoms with van der Waals surface area (Å²) in [5.41, 5.74) is 0.926. The number of allylic oxidation sites excluding steroid dienone is 2. The summed E-state index contributed by atoms with van der Waals surface area (Å²) in [6, 6.07) is 9.30. The molecule has 0 bridgehead atoms. The minimum Gasteiger partial charge on any atom is -0.299 e. The zero-order valence-corrected chi connectivity index (χ0v) is 8.78. The summed E-state index contributed by atoms with van der Waals surface area (Å²) in [6.45, 7) is -0.118. The molecule has 84 valence electrons. The van der Waals surface area contributed by atoms with Crippen LogP contribution in [-0.4, -0.2) is 17.8 Å². The summed E-state index contributed by atoms with van der Waals surface area (Å²) in [6.07, 6.45) is 4.21. The summed E-state index contributed by atoms with van der Waals surface area (Å²) in [4.78, 5) is 20.3. The van der Waals surface area contributed by atoms with E-state index in [1.165, 1.54) is 6.08 Å². The van der Waals surface area contributed by atoms with Crippen LogP contribution in [0.1, 0.15) is 17.9 Å². The molecule has 0 N–H and O–H groups in total. The van der Waals surface area contributed by atoms with Gasteiger partial charge < -0.3 is 0 Å². The number of hydrogen-bond acceptors (Lipinski definition) is 3. The molecular weight excluding hydrogens is 206 g/mol. The highest BCUT2D eigenvalue weighted by molar-refractivity contribution is 5.64. The molecular formula is C12H13NO3. The smallest absolute Gasteiger partial charge is 0.210 e. The van der Waals surface area contributed by atoms with Crippen molar-refractivity contribution in [3.8, 4) is 0 Å². The van der Waals surface area contributed by atoms with Crippen LogP contribution < -0.4 is 0 Å². The van der Waals surface area contributed by atoms with Crippen molar-refractivity contribution in [2.75, 3.05) is 6.54 Å². The number of rotatable bonds is 6. The predicted molar refractivity (Wildman–Crippen MR) is 60.9 cm³/mol. The Balaban J connectivity index is 2.74. The lowest BCUT2D eigenvalue weighted by atomic mass is 9.96. The molecule has 1 rings (SSSR count). The molecule has 1 atom stereocenters. The van der Waals surface area contributed by atoms with Crippen molar-refractivity contribution in [3.05, 3.63) is 58.2 Å². The van der Waals surface area contributed by atoms with Crippen LogP contribution in [-0.2, 0) is 4.79 Å². The molecule has 0 saturated carbocycles. The maximum absolute atomic E-state index is 10.5. The number of aldehydes is 1. The first-order valence-electron chi connectivity index (χ1n) is 5.01. The molecule has 0 aromatic heterocycles. The van der Waals surface area contributed by atoms with Gasteiger partial charge in [0.15, 0.2) is 0 Å². The number of hydrogen-bond donors (Lipinski definition) is 0. The molecule has 1 unspecified atom stereocenters. The molecule has 0 aliphatic heterocycles. The molecule has 1 aromatic carbocycles. The molecule has 0 fully saturated rings. The summed E-state index contributed by atoms with van der Waals surface area (Å²) in [5, 5.41) is 10.5. The van der Waals surface area contributed by atoms with Crippen molar-refractivity contribution in [2.45, 2.75) is 12.3 Å². The maximum Gasteiger partial charge on any atom is 0.210 e. The van der Waals surface area contributed by atoms with E-state index in [-0.39, 0.29) is 17.4 Å². The van der Waals surface area contributed by atoms with Crippen molar-refractivity contribution < 1.29 is 9.72 Å². The van der Waals surface area contributed by atoms with E-state index in [9.17, 15) is 14.9 Å². The molecule has 16 heavy (non-hydrogen) atoms. The van der Waals surface area contributed by atoms with E-state index in [1.54, 1.807) is 6.08 Å². The fourth-order valence-electron chi connectivity index (χ4n) is 1.52. The lowest BCUT2D eigenvalue weighted by Gasteiger charge is -2.10. The maximum atomic E-state index is 10.5. The zero-order valence-electron chi connectivity index (χ0n) is 8.78. The summed E-state index contributed by atoms with van der Waals surface area (Å²) in [7, 11) is 0. The van der Waals surface area contributed by atoms with Gasteiger partial charge in [-0.3, -0.25) is 14.9 Å². The van der Waals surface area contributed by atoms with Gasteiger partial charge >= 0.3 is 0 Å². The number of nitro groups is 1. The van der Waals surface area contributed by atoms with E-state index < -0.39 is 0 Å². The third-order valence-corrected chi connectivity index (χ3v) is 2.28. The minimum absolute atomic E-state index is 0.118. The number of benzene rings is 1. The molecule has 0 spiro atoms. The predicted octanol–water partition coefficient (Wildman–Crippen LogP) is 2.19. The Morgan fingerprint density at radius 2 is 2.00 bits per heavy atom. The number of carbonyl (C=O) groups excluding carboxylic acids is 1. The van der Waals surface area contributed by atoms with Crippen LogP contribution in [0.25, 0.3) is 0 Å². The molecule has 0 heterocycles. The largest absolute Gasteiger partial charge is 0.299 e. The van der Waals surface area contributed by atoms with Crippen molar-refractivity contribution in [3.63, 3.8) is 0 Å². The van der Waals surface area contributed by atoms with Gasteiger partial charge in [-0.15, -0.1) is 0 Å². The van der Waals surface area contributed by atoms with Crippen LogP contribution in [0.3, 0.4) is 0 Å². The SMILES string of the molecule is O=C/C=C/CC(C[N+](=O)[O-])c1ccccc1. The van der Waals surface area contributed by atoms with Crippen LogP contribution in [0, 0.1) is 10.1 Å². The Bertz CT molecular complexity index is 373. The Hall–Kier alpha value is -1.97. The summed E-state index contributed by atoms with van der Waals surface area (Å²) >= 11 is 0. The average molecular weight is 219 g/mol. The van der Waals surface area contributed by atoms with Crippen LogP contribution >= 0.6 is 0 Å². The van der Waals surface area contributed by atoms with Crippen LogP contribution in [0.15, 0.2) is 42.5 Å². The van der Waals surface area contributed by atoms with E-state index in [0.717, 1.165) is 5.56 Å². The number of carbonyl (C=O) groups is 1. The Morgan fingerprint density at radius 1 is 1.31 bits per heavy atom. The standard InChI is InChI=1S/C12H13NO3/c14-9-5-4-8-12(10-13(15)16)11-6-2-1-3-7-11/h1-7,9,12H,8,10H2/b5-4+. The van der Waals surface area contributed by atoms with Crippen LogP contribution in [0.2, 0.25) is 0 Å². The molecule has 0 aliphatic carbocycles.